The predicted octanol–water partition coefficient (Wildman–Crippen LogP) is 3.94. The number of rotatable bonds is 9. The Labute approximate surface area is 127 Å². The molecular formula is C15H28O4Sn. The average Bonchev–Trinajstić information content (AvgIpc) is 2.42. The average molecular weight is 391 g/mol. The Balaban J connectivity index is 2.73. The van der Waals surface area contributed by atoms with Crippen LogP contribution in [0.4, 0.5) is 0 Å². The van der Waals surface area contributed by atoms with Gasteiger partial charge >= 0.3 is 127 Å². The van der Waals surface area contributed by atoms with Crippen molar-refractivity contribution >= 4 is 31.1 Å². The van der Waals surface area contributed by atoms with Gasteiger partial charge in [-0.15, -0.1) is 0 Å². The summed E-state index contributed by atoms with van der Waals surface area (Å²) in [5, 5.41) is 0. The molecule has 1 fully saturated rings. The summed E-state index contributed by atoms with van der Waals surface area (Å²) in [5.41, 5.74) is 0. The zero-order valence-electron chi connectivity index (χ0n) is 13.1. The van der Waals surface area contributed by atoms with Gasteiger partial charge in [0.25, 0.3) is 0 Å². The third kappa shape index (κ3) is 4.93. The Morgan fingerprint density at radius 2 is 1.30 bits per heavy atom. The summed E-state index contributed by atoms with van der Waals surface area (Å²) in [6.45, 7) is 6.26. The van der Waals surface area contributed by atoms with E-state index in [1.54, 1.807) is 0 Å². The molecule has 116 valence electrons. The number of carbonyl (C=O) groups is 2. The molecule has 0 aromatic heterocycles. The molecule has 0 aliphatic carbocycles. The van der Waals surface area contributed by atoms with E-state index < -0.39 is 25.1 Å². The van der Waals surface area contributed by atoms with E-state index in [1.807, 2.05) is 6.92 Å². The van der Waals surface area contributed by atoms with E-state index >= 15 is 0 Å². The van der Waals surface area contributed by atoms with Crippen LogP contribution in [-0.2, 0) is 15.7 Å². The molecular weight excluding hydrogens is 363 g/mol. The van der Waals surface area contributed by atoms with Gasteiger partial charge < -0.3 is 0 Å². The Kier molecular flexibility index (Phi) is 7.92. The van der Waals surface area contributed by atoms with Crippen molar-refractivity contribution in [3.63, 3.8) is 0 Å². The quantitative estimate of drug-likeness (QED) is 0.442. The van der Waals surface area contributed by atoms with Crippen molar-refractivity contribution in [3.05, 3.63) is 0 Å². The first-order valence-corrected chi connectivity index (χ1v) is 14.4. The van der Waals surface area contributed by atoms with Crippen molar-refractivity contribution in [1.29, 1.82) is 0 Å². The zero-order chi connectivity index (χ0) is 15.0. The second-order valence-corrected chi connectivity index (χ2v) is 14.9. The Morgan fingerprint density at radius 3 is 1.70 bits per heavy atom. The van der Waals surface area contributed by atoms with Gasteiger partial charge in [-0.3, -0.25) is 0 Å². The summed E-state index contributed by atoms with van der Waals surface area (Å²) in [7, 11) is 0. The molecule has 1 aliphatic rings. The SMILES string of the molecule is CCCCC1C(=O)[O][Sn]([CH2]CCC)([CH2]CCC)[O]C1=O. The third-order valence-electron chi connectivity index (χ3n) is 3.81. The minimum atomic E-state index is -3.47. The molecule has 0 unspecified atom stereocenters. The van der Waals surface area contributed by atoms with Crippen LogP contribution in [0.3, 0.4) is 0 Å². The Bertz CT molecular complexity index is 302. The van der Waals surface area contributed by atoms with Crippen molar-refractivity contribution in [2.45, 2.75) is 74.6 Å². The summed E-state index contributed by atoms with van der Waals surface area (Å²) in [5.74, 6) is -1.25. The fourth-order valence-electron chi connectivity index (χ4n) is 2.49. The van der Waals surface area contributed by atoms with Crippen LogP contribution in [0.15, 0.2) is 0 Å². The normalized spacial score (nSPS) is 18.8. The molecule has 0 bridgehead atoms. The molecule has 0 aromatic carbocycles. The number of hydrogen-bond acceptors (Lipinski definition) is 4. The molecule has 0 amide bonds. The van der Waals surface area contributed by atoms with E-state index in [9.17, 15) is 9.59 Å². The van der Waals surface area contributed by atoms with Gasteiger partial charge in [0.1, 0.15) is 0 Å². The van der Waals surface area contributed by atoms with Gasteiger partial charge in [0.2, 0.25) is 0 Å². The van der Waals surface area contributed by atoms with E-state index in [0.29, 0.717) is 6.42 Å². The minimum absolute atomic E-state index is 0.294. The molecule has 1 rings (SSSR count). The van der Waals surface area contributed by atoms with Crippen LogP contribution in [-0.4, -0.2) is 31.1 Å². The molecule has 1 heterocycles. The predicted molar refractivity (Wildman–Crippen MR) is 80.4 cm³/mol. The summed E-state index contributed by atoms with van der Waals surface area (Å²) in [4.78, 5) is 24.4. The second-order valence-electron chi connectivity index (χ2n) is 5.65. The molecule has 0 spiro atoms. The first kappa shape index (κ1) is 17.8. The topological polar surface area (TPSA) is 52.6 Å². The van der Waals surface area contributed by atoms with Crippen LogP contribution in [0.2, 0.25) is 8.87 Å². The second kappa shape index (κ2) is 8.90. The van der Waals surface area contributed by atoms with Crippen LogP contribution < -0.4 is 0 Å². The summed E-state index contributed by atoms with van der Waals surface area (Å²) >= 11 is -3.47. The van der Waals surface area contributed by atoms with Crippen LogP contribution >= 0.6 is 0 Å². The Hall–Kier alpha value is -0.261. The van der Waals surface area contributed by atoms with E-state index in [0.717, 1.165) is 47.4 Å². The van der Waals surface area contributed by atoms with Crippen LogP contribution in [0.1, 0.15) is 65.7 Å². The van der Waals surface area contributed by atoms with E-state index in [4.69, 9.17) is 6.15 Å². The van der Waals surface area contributed by atoms with Gasteiger partial charge in [-0.2, -0.15) is 0 Å². The number of hydrogen-bond donors (Lipinski definition) is 0. The van der Waals surface area contributed by atoms with Gasteiger partial charge in [-0.1, -0.05) is 0 Å². The standard InChI is InChI=1S/C7H12O4.2C4H9.Sn/c1-2-3-4-5(6(8)9)7(10)11;2*1-3-4-2;/h5H,2-4H2,1H3,(H,8,9)(H,10,11);2*1,3-4H2,2H3;/q;;;+2/p-2. The van der Waals surface area contributed by atoms with Crippen molar-refractivity contribution in [2.75, 3.05) is 0 Å². The van der Waals surface area contributed by atoms with E-state index in [2.05, 4.69) is 13.8 Å². The molecule has 0 N–H and O–H groups in total. The summed E-state index contributed by atoms with van der Waals surface area (Å²) in [6, 6.07) is 0. The summed E-state index contributed by atoms with van der Waals surface area (Å²) in [6.07, 6.45) is 6.45. The summed E-state index contributed by atoms with van der Waals surface area (Å²) < 4.78 is 13.2. The maximum absolute atomic E-state index is 12.2. The molecule has 0 radical (unpaired) electrons. The van der Waals surface area contributed by atoms with Crippen LogP contribution in [0.25, 0.3) is 0 Å². The van der Waals surface area contributed by atoms with Crippen molar-refractivity contribution < 1.29 is 15.7 Å². The molecule has 1 aliphatic heterocycles. The van der Waals surface area contributed by atoms with Crippen molar-refractivity contribution in [3.8, 4) is 0 Å². The molecule has 20 heavy (non-hydrogen) atoms. The Morgan fingerprint density at radius 1 is 0.850 bits per heavy atom. The molecule has 0 saturated carbocycles. The van der Waals surface area contributed by atoms with E-state index in [-0.39, 0.29) is 11.9 Å². The zero-order valence-corrected chi connectivity index (χ0v) is 15.9. The van der Waals surface area contributed by atoms with Crippen LogP contribution in [0.5, 0.6) is 0 Å². The first-order chi connectivity index (χ1) is 9.58. The third-order valence-corrected chi connectivity index (χ3v) is 13.4. The van der Waals surface area contributed by atoms with Gasteiger partial charge in [-0.05, 0) is 0 Å². The van der Waals surface area contributed by atoms with Crippen molar-refractivity contribution in [2.24, 2.45) is 5.92 Å². The molecule has 0 atom stereocenters. The fourth-order valence-corrected chi connectivity index (χ4v) is 12.5. The van der Waals surface area contributed by atoms with Gasteiger partial charge in [0, 0.05) is 0 Å². The monoisotopic (exact) mass is 392 g/mol. The van der Waals surface area contributed by atoms with Crippen LogP contribution in [0, 0.1) is 5.92 Å². The molecule has 4 nitrogen and oxygen atoms in total. The van der Waals surface area contributed by atoms with Gasteiger partial charge in [0.15, 0.2) is 0 Å². The molecule has 0 aromatic rings. The number of unbranched alkanes of at least 4 members (excludes halogenated alkanes) is 3. The number of carbonyl (C=O) groups excluding carboxylic acids is 2. The maximum atomic E-state index is 12.2. The molecule has 5 heteroatoms. The molecule has 1 saturated heterocycles. The van der Waals surface area contributed by atoms with Gasteiger partial charge in [-0.25, -0.2) is 0 Å². The van der Waals surface area contributed by atoms with Crippen molar-refractivity contribution in [1.82, 2.24) is 0 Å². The van der Waals surface area contributed by atoms with Gasteiger partial charge in [0.05, 0.1) is 0 Å². The fraction of sp³-hybridized carbons (Fsp3) is 0.867. The van der Waals surface area contributed by atoms with E-state index in [1.165, 1.54) is 0 Å². The first-order valence-electron chi connectivity index (χ1n) is 8.04.